The minimum atomic E-state index is -5.29. The van der Waals surface area contributed by atoms with E-state index in [0.717, 1.165) is 18.2 Å². The number of anilines is 6. The summed E-state index contributed by atoms with van der Waals surface area (Å²) in [5.41, 5.74) is 7.92. The molecule has 0 aliphatic heterocycles. The van der Waals surface area contributed by atoms with Gasteiger partial charge in [0.25, 0.3) is 36.3 Å². The average Bonchev–Trinajstić information content (AvgIpc) is 3.16. The van der Waals surface area contributed by atoms with Gasteiger partial charge in [-0.05, 0) is 42.3 Å². The predicted molar refractivity (Wildman–Crippen MR) is 215 cm³/mol. The number of aromatic nitrogens is 3. The molecule has 4 aromatic rings. The Morgan fingerprint density at radius 1 is 0.794 bits per heavy atom. The number of carboxylic acid groups (broad SMARTS) is 2. The molecule has 2 amide bonds. The Kier molecular flexibility index (Phi) is 13.5. The summed E-state index contributed by atoms with van der Waals surface area (Å²) in [7, 11) is -15.6. The quantitative estimate of drug-likeness (QED) is 0.0428. The number of benzene rings is 3. The highest BCUT2D eigenvalue weighted by atomic mass is 35.5. The summed E-state index contributed by atoms with van der Waals surface area (Å²) in [5, 5.41) is 24.6. The van der Waals surface area contributed by atoms with Crippen molar-refractivity contribution in [3.63, 3.8) is 0 Å². The molecule has 63 heavy (non-hydrogen) atoms. The second kappa shape index (κ2) is 17.9. The van der Waals surface area contributed by atoms with E-state index in [-0.39, 0.29) is 21.7 Å². The smallest absolute Gasteiger partial charge is 0.323 e. The van der Waals surface area contributed by atoms with Crippen molar-refractivity contribution in [1.29, 1.82) is 0 Å². The molecule has 0 saturated heterocycles. The lowest BCUT2D eigenvalue weighted by molar-refractivity contribution is -0.139. The topological polar surface area (TPSA) is 436 Å². The van der Waals surface area contributed by atoms with Crippen LogP contribution in [0.25, 0.3) is 0 Å². The maximum Gasteiger partial charge on any atom is 0.323 e. The molecule has 0 spiro atoms. The molecule has 12 N–H and O–H groups in total. The van der Waals surface area contributed by atoms with Gasteiger partial charge in [-0.3, -0.25) is 47.3 Å². The normalized spacial score (nSPS) is 13.5. The minimum Gasteiger partial charge on any atom is -0.480 e. The number of nitrogens with zero attached hydrogens (tertiary/aromatic N) is 4. The van der Waals surface area contributed by atoms with Gasteiger partial charge < -0.3 is 37.6 Å². The number of ketones is 2. The van der Waals surface area contributed by atoms with E-state index in [4.69, 9.17) is 28.2 Å². The minimum absolute atomic E-state index is 0.105. The summed E-state index contributed by atoms with van der Waals surface area (Å²) in [4.78, 5) is 85.7. The lowest BCUT2D eigenvalue weighted by Crippen LogP contribution is -2.53. The number of fused-ring (bicyclic) bond motifs is 2. The molecule has 26 nitrogen and oxygen atoms in total. The van der Waals surface area contributed by atoms with Crippen molar-refractivity contribution < 1.29 is 77.9 Å². The highest BCUT2D eigenvalue weighted by Crippen LogP contribution is 2.40. The van der Waals surface area contributed by atoms with Crippen molar-refractivity contribution in [3.05, 3.63) is 76.1 Å². The SMILES string of the molecule is Nc1c(S(=O)(=O)O)cc(Nc2ccc(Nc3nc(Cl)nc(N(CC(=O)O)C(=O)[C@H](CS(=O)(=O)O)NC(=O)CC[C@H](N)C(=O)O)n3)c(S(=O)(=O)O)c2)c2c1C(=O)c1ccccc1C2=O. The third-order valence-corrected chi connectivity index (χ3v) is 11.4. The first-order valence-electron chi connectivity index (χ1n) is 17.1. The highest BCUT2D eigenvalue weighted by Gasteiger charge is 2.37. The van der Waals surface area contributed by atoms with Crippen LogP contribution < -0.4 is 32.3 Å². The molecule has 1 aliphatic rings. The van der Waals surface area contributed by atoms with Gasteiger partial charge in [-0.2, -0.15) is 40.2 Å². The maximum absolute atomic E-state index is 13.7. The first-order valence-corrected chi connectivity index (χ1v) is 22.0. The fourth-order valence-corrected chi connectivity index (χ4v) is 8.07. The monoisotopic (exact) mass is 955 g/mol. The molecule has 1 aliphatic carbocycles. The van der Waals surface area contributed by atoms with Crippen molar-refractivity contribution in [2.24, 2.45) is 5.73 Å². The number of aliphatic carboxylic acids is 2. The molecule has 0 fully saturated rings. The molecule has 30 heteroatoms. The Hall–Kier alpha value is -6.73. The Morgan fingerprint density at radius 3 is 1.95 bits per heavy atom. The van der Waals surface area contributed by atoms with E-state index in [0.29, 0.717) is 6.07 Å². The lowest BCUT2D eigenvalue weighted by atomic mass is 9.82. The second-order valence-corrected chi connectivity index (χ2v) is 17.7. The summed E-state index contributed by atoms with van der Waals surface area (Å²) in [5.74, 6) is -11.0. The van der Waals surface area contributed by atoms with Gasteiger partial charge in [0.15, 0.2) is 11.6 Å². The summed E-state index contributed by atoms with van der Waals surface area (Å²) in [6.45, 7) is -1.37. The molecule has 0 bridgehead atoms. The summed E-state index contributed by atoms with van der Waals surface area (Å²) >= 11 is 6.03. The third kappa shape index (κ3) is 11.0. The Labute approximate surface area is 358 Å². The maximum atomic E-state index is 13.7. The van der Waals surface area contributed by atoms with Gasteiger partial charge in [-0.1, -0.05) is 24.3 Å². The number of carboxylic acids is 2. The predicted octanol–water partition coefficient (Wildman–Crippen LogP) is -0.154. The zero-order chi connectivity index (χ0) is 46.9. The van der Waals surface area contributed by atoms with Crippen LogP contribution in [-0.4, -0.2) is 124 Å². The number of nitrogens with two attached hydrogens (primary N) is 2. The van der Waals surface area contributed by atoms with Crippen LogP contribution in [0, 0.1) is 0 Å². The number of hydrogen-bond donors (Lipinski definition) is 10. The van der Waals surface area contributed by atoms with Gasteiger partial charge in [-0.25, -0.2) is 0 Å². The first-order chi connectivity index (χ1) is 29.2. The second-order valence-electron chi connectivity index (χ2n) is 13.1. The van der Waals surface area contributed by atoms with E-state index in [1.807, 2.05) is 5.32 Å². The molecular formula is C33H30ClN9O17S3. The molecule has 0 saturated carbocycles. The Bertz CT molecular complexity index is 2970. The molecule has 1 aromatic heterocycles. The van der Waals surface area contributed by atoms with Gasteiger partial charge in [0.05, 0.1) is 28.2 Å². The van der Waals surface area contributed by atoms with Crippen LogP contribution in [0.3, 0.4) is 0 Å². The van der Waals surface area contributed by atoms with Gasteiger partial charge in [0, 0.05) is 23.2 Å². The highest BCUT2D eigenvalue weighted by molar-refractivity contribution is 7.86. The molecule has 2 atom stereocenters. The van der Waals surface area contributed by atoms with Crippen molar-refractivity contribution >= 4 is 112 Å². The van der Waals surface area contributed by atoms with Crippen LogP contribution in [-0.2, 0) is 49.5 Å². The van der Waals surface area contributed by atoms with E-state index in [2.05, 4.69) is 25.6 Å². The van der Waals surface area contributed by atoms with Crippen molar-refractivity contribution in [2.75, 3.05) is 33.6 Å². The molecule has 3 aromatic carbocycles. The summed E-state index contributed by atoms with van der Waals surface area (Å²) < 4.78 is 103. The first kappa shape index (κ1) is 47.3. The number of halogens is 1. The van der Waals surface area contributed by atoms with Gasteiger partial charge in [-0.15, -0.1) is 0 Å². The van der Waals surface area contributed by atoms with Crippen molar-refractivity contribution in [3.8, 4) is 0 Å². The van der Waals surface area contributed by atoms with Crippen molar-refractivity contribution in [1.82, 2.24) is 20.3 Å². The number of hydrogen-bond acceptors (Lipinski definition) is 19. The van der Waals surface area contributed by atoms with Gasteiger partial charge >= 0.3 is 11.9 Å². The van der Waals surface area contributed by atoms with Crippen LogP contribution >= 0.6 is 11.6 Å². The van der Waals surface area contributed by atoms with E-state index in [1.165, 1.54) is 24.3 Å². The summed E-state index contributed by atoms with van der Waals surface area (Å²) in [6.07, 6.45) is -1.18. The van der Waals surface area contributed by atoms with Gasteiger partial charge in [0.2, 0.25) is 23.1 Å². The number of nitrogens with one attached hydrogen (secondary N) is 3. The molecule has 0 unspecified atom stereocenters. The molecule has 0 radical (unpaired) electrons. The Morgan fingerprint density at radius 2 is 1.40 bits per heavy atom. The Balaban J connectivity index is 1.54. The van der Waals surface area contributed by atoms with Crippen LogP contribution in [0.15, 0.2) is 58.3 Å². The number of carbonyl (C=O) groups is 6. The van der Waals surface area contributed by atoms with E-state index < -0.39 is 158 Å². The number of carbonyl (C=O) groups excluding carboxylic acids is 4. The van der Waals surface area contributed by atoms with E-state index in [1.54, 1.807) is 0 Å². The zero-order valence-electron chi connectivity index (χ0n) is 31.3. The van der Waals surface area contributed by atoms with E-state index in [9.17, 15) is 72.8 Å². The number of nitrogen functional groups attached to an aromatic ring is 1. The number of amides is 2. The van der Waals surface area contributed by atoms with E-state index >= 15 is 0 Å². The molecule has 1 heterocycles. The molecular weight excluding hydrogens is 926 g/mol. The molecule has 334 valence electrons. The third-order valence-electron chi connectivity index (χ3n) is 8.67. The van der Waals surface area contributed by atoms with Gasteiger partial charge in [0.1, 0.15) is 34.2 Å². The van der Waals surface area contributed by atoms with Crippen LogP contribution in [0.1, 0.15) is 44.7 Å². The van der Waals surface area contributed by atoms with Crippen LogP contribution in [0.2, 0.25) is 5.28 Å². The van der Waals surface area contributed by atoms with Crippen molar-refractivity contribution in [2.45, 2.75) is 34.7 Å². The number of rotatable bonds is 17. The zero-order valence-corrected chi connectivity index (χ0v) is 34.5. The molecule has 5 rings (SSSR count). The standard InChI is InChI=1S/C33H30ClN9O17S3/c34-31-40-32(42-33(41-31)43(11-23(45)46)29(49)19(12-61(52,53)54)38-22(44)8-6-16(35)30(50)51)39-17-7-5-13(9-20(17)62(55,56)57)37-18-10-21(63(58,59)60)26(36)25-24(18)27(47)14-3-1-2-4-15(14)28(25)48/h1-5,7,9-10,16,19,37H,6,8,11-12,35-36H2,(H,38,44)(H,45,46)(H,50,51)(H,52,53,54)(H,55,56,57)(H,58,59,60)(H,39,40,41,42)/t16-,19-/m0/s1. The summed E-state index contributed by atoms with van der Waals surface area (Å²) in [6, 6.07) is 5.10. The average molecular weight is 956 g/mol. The van der Waals surface area contributed by atoms with Crippen LogP contribution in [0.5, 0.6) is 0 Å². The fraction of sp³-hybridized carbons (Fsp3) is 0.182. The van der Waals surface area contributed by atoms with Crippen LogP contribution in [0.4, 0.5) is 34.6 Å². The lowest BCUT2D eigenvalue weighted by Gasteiger charge is -2.25. The largest absolute Gasteiger partial charge is 0.480 e. The fourth-order valence-electron chi connectivity index (χ4n) is 5.95.